The van der Waals surface area contributed by atoms with Gasteiger partial charge >= 0.3 is 0 Å². The third kappa shape index (κ3) is 2.84. The van der Waals surface area contributed by atoms with Gasteiger partial charge in [0.15, 0.2) is 0 Å². The first kappa shape index (κ1) is 16.6. The maximum absolute atomic E-state index is 13.7. The van der Waals surface area contributed by atoms with Crippen molar-refractivity contribution in [3.8, 4) is 0 Å². The molecule has 0 bridgehead atoms. The van der Waals surface area contributed by atoms with Gasteiger partial charge in [0.25, 0.3) is 0 Å². The van der Waals surface area contributed by atoms with Crippen LogP contribution in [0, 0.1) is 5.82 Å². The number of halogens is 1. The first-order valence-electron chi connectivity index (χ1n) is 9.50. The Hall–Kier alpha value is -2.60. The fourth-order valence-electron chi connectivity index (χ4n) is 4.30. The van der Waals surface area contributed by atoms with E-state index in [1.807, 2.05) is 12.3 Å². The number of hydrogen-bond donors (Lipinski definition) is 0. The molecular formula is C21H23FN4O. The van der Waals surface area contributed by atoms with Crippen molar-refractivity contribution in [2.75, 3.05) is 42.6 Å². The number of pyridine rings is 1. The first-order valence-corrected chi connectivity index (χ1v) is 9.50. The van der Waals surface area contributed by atoms with Crippen LogP contribution in [-0.2, 0) is 24.8 Å². The van der Waals surface area contributed by atoms with E-state index in [0.717, 1.165) is 68.2 Å². The molecule has 2 aromatic heterocycles. The van der Waals surface area contributed by atoms with Crippen molar-refractivity contribution in [1.29, 1.82) is 0 Å². The Labute approximate surface area is 158 Å². The van der Waals surface area contributed by atoms with Gasteiger partial charge in [-0.15, -0.1) is 0 Å². The van der Waals surface area contributed by atoms with E-state index in [-0.39, 0.29) is 5.82 Å². The highest BCUT2D eigenvalue weighted by molar-refractivity contribution is 5.86. The van der Waals surface area contributed by atoms with Crippen molar-refractivity contribution in [1.82, 2.24) is 9.55 Å². The lowest BCUT2D eigenvalue weighted by molar-refractivity contribution is 0.122. The highest BCUT2D eigenvalue weighted by Crippen LogP contribution is 2.32. The molecule has 1 aromatic carbocycles. The smallest absolute Gasteiger partial charge is 0.128 e. The molecule has 6 heteroatoms. The monoisotopic (exact) mass is 366 g/mol. The number of anilines is 2. The molecule has 0 aliphatic carbocycles. The minimum atomic E-state index is -0.166. The van der Waals surface area contributed by atoms with E-state index in [1.165, 1.54) is 11.3 Å². The second-order valence-corrected chi connectivity index (χ2v) is 7.29. The Balaban J connectivity index is 1.41. The van der Waals surface area contributed by atoms with Gasteiger partial charge in [0.2, 0.25) is 0 Å². The lowest BCUT2D eigenvalue weighted by Gasteiger charge is -2.31. The highest BCUT2D eigenvalue weighted by Gasteiger charge is 2.23. The highest BCUT2D eigenvalue weighted by atomic mass is 19.1. The second kappa shape index (κ2) is 6.53. The number of benzene rings is 1. The van der Waals surface area contributed by atoms with Crippen molar-refractivity contribution >= 4 is 22.4 Å². The lowest BCUT2D eigenvalue weighted by Crippen LogP contribution is -2.36. The van der Waals surface area contributed by atoms with Crippen molar-refractivity contribution < 1.29 is 9.13 Å². The van der Waals surface area contributed by atoms with Gasteiger partial charge in [0.05, 0.1) is 31.6 Å². The van der Waals surface area contributed by atoms with E-state index in [2.05, 4.69) is 38.5 Å². The molecule has 3 aromatic rings. The molecular weight excluding hydrogens is 343 g/mol. The zero-order valence-electron chi connectivity index (χ0n) is 15.5. The quantitative estimate of drug-likeness (QED) is 0.698. The summed E-state index contributed by atoms with van der Waals surface area (Å²) < 4.78 is 21.3. The van der Waals surface area contributed by atoms with Crippen LogP contribution in [-0.4, -0.2) is 42.4 Å². The van der Waals surface area contributed by atoms with Gasteiger partial charge in [-0.3, -0.25) is 0 Å². The minimum absolute atomic E-state index is 0.166. The van der Waals surface area contributed by atoms with E-state index in [1.54, 1.807) is 12.1 Å². The normalized spacial score (nSPS) is 17.4. The van der Waals surface area contributed by atoms with Crippen LogP contribution in [0.15, 0.2) is 36.5 Å². The Morgan fingerprint density at radius 3 is 2.67 bits per heavy atom. The van der Waals surface area contributed by atoms with Gasteiger partial charge < -0.3 is 19.1 Å². The Morgan fingerprint density at radius 1 is 1.04 bits per heavy atom. The molecule has 0 N–H and O–H groups in total. The summed E-state index contributed by atoms with van der Waals surface area (Å²) in [5, 5.41) is 1.05. The van der Waals surface area contributed by atoms with E-state index in [0.29, 0.717) is 0 Å². The number of aryl methyl sites for hydroxylation is 1. The number of rotatable bonds is 2. The second-order valence-electron chi connectivity index (χ2n) is 7.29. The van der Waals surface area contributed by atoms with E-state index < -0.39 is 0 Å². The molecule has 5 nitrogen and oxygen atoms in total. The van der Waals surface area contributed by atoms with Crippen LogP contribution in [0.2, 0.25) is 0 Å². The zero-order chi connectivity index (χ0) is 18.4. The summed E-state index contributed by atoms with van der Waals surface area (Å²) in [5.74, 6) is 0.848. The molecule has 1 saturated heterocycles. The molecule has 0 amide bonds. The van der Waals surface area contributed by atoms with Gasteiger partial charge in [0.1, 0.15) is 11.6 Å². The molecule has 0 atom stereocenters. The molecule has 0 radical (unpaired) electrons. The molecule has 0 saturated carbocycles. The summed E-state index contributed by atoms with van der Waals surface area (Å²) >= 11 is 0. The third-order valence-electron chi connectivity index (χ3n) is 5.80. The Kier molecular flexibility index (Phi) is 4.01. The predicted octanol–water partition coefficient (Wildman–Crippen LogP) is 3.11. The van der Waals surface area contributed by atoms with Gasteiger partial charge in [-0.05, 0) is 42.3 Å². The van der Waals surface area contributed by atoms with Crippen LogP contribution in [0.25, 0.3) is 10.9 Å². The summed E-state index contributed by atoms with van der Waals surface area (Å²) in [4.78, 5) is 9.30. The first-order chi connectivity index (χ1) is 13.2. The average Bonchev–Trinajstić information content (AvgIpc) is 3.00. The van der Waals surface area contributed by atoms with Crippen molar-refractivity contribution in [3.63, 3.8) is 0 Å². The zero-order valence-corrected chi connectivity index (χ0v) is 15.5. The Bertz CT molecular complexity index is 976. The van der Waals surface area contributed by atoms with Gasteiger partial charge in [-0.1, -0.05) is 0 Å². The van der Waals surface area contributed by atoms with Crippen LogP contribution in [0.5, 0.6) is 0 Å². The lowest BCUT2D eigenvalue weighted by atomic mass is 10.0. The van der Waals surface area contributed by atoms with Crippen molar-refractivity contribution in [2.24, 2.45) is 7.05 Å². The summed E-state index contributed by atoms with van der Waals surface area (Å²) in [6.07, 6.45) is 2.89. The topological polar surface area (TPSA) is 33.5 Å². The largest absolute Gasteiger partial charge is 0.378 e. The molecule has 140 valence electrons. The SMILES string of the molecule is Cn1c2c(c3cc(F)ccc31)CCN(c1ccc(N3CCOCC3)nc1)C2. The number of nitrogens with zero attached hydrogens (tertiary/aromatic N) is 4. The van der Waals surface area contributed by atoms with Gasteiger partial charge in [0, 0.05) is 43.3 Å². The molecule has 2 aliphatic rings. The standard InChI is InChI=1S/C21H23FN4O/c1-24-19-4-2-15(22)12-18(19)17-6-7-26(14-20(17)24)16-3-5-21(23-13-16)25-8-10-27-11-9-25/h2-5,12-13H,6-11,14H2,1H3. The van der Waals surface area contributed by atoms with Gasteiger partial charge in [-0.2, -0.15) is 0 Å². The minimum Gasteiger partial charge on any atom is -0.378 e. The van der Waals surface area contributed by atoms with E-state index in [4.69, 9.17) is 4.74 Å². The fraction of sp³-hybridized carbons (Fsp3) is 0.381. The van der Waals surface area contributed by atoms with Crippen molar-refractivity contribution in [3.05, 3.63) is 53.6 Å². The average molecular weight is 366 g/mol. The number of hydrogen-bond acceptors (Lipinski definition) is 4. The van der Waals surface area contributed by atoms with Crippen LogP contribution < -0.4 is 9.80 Å². The number of morpholine rings is 1. The molecule has 0 spiro atoms. The fourth-order valence-corrected chi connectivity index (χ4v) is 4.30. The summed E-state index contributed by atoms with van der Waals surface area (Å²) in [7, 11) is 2.07. The summed E-state index contributed by atoms with van der Waals surface area (Å²) in [5.41, 5.74) is 4.78. The molecule has 2 aliphatic heterocycles. The molecule has 4 heterocycles. The molecule has 0 unspecified atom stereocenters. The van der Waals surface area contributed by atoms with E-state index >= 15 is 0 Å². The number of fused-ring (bicyclic) bond motifs is 3. The van der Waals surface area contributed by atoms with Crippen LogP contribution >= 0.6 is 0 Å². The maximum atomic E-state index is 13.7. The van der Waals surface area contributed by atoms with Crippen molar-refractivity contribution in [2.45, 2.75) is 13.0 Å². The summed E-state index contributed by atoms with van der Waals surface area (Å²) in [6, 6.07) is 9.35. The third-order valence-corrected chi connectivity index (χ3v) is 5.80. The number of aromatic nitrogens is 2. The summed E-state index contributed by atoms with van der Waals surface area (Å²) in [6.45, 7) is 5.06. The molecule has 5 rings (SSSR count). The molecule has 1 fully saturated rings. The van der Waals surface area contributed by atoms with Crippen LogP contribution in [0.1, 0.15) is 11.3 Å². The van der Waals surface area contributed by atoms with E-state index in [9.17, 15) is 4.39 Å². The Morgan fingerprint density at radius 2 is 1.89 bits per heavy atom. The number of ether oxygens (including phenoxy) is 1. The van der Waals surface area contributed by atoms with Crippen LogP contribution in [0.3, 0.4) is 0 Å². The van der Waals surface area contributed by atoms with Crippen LogP contribution in [0.4, 0.5) is 15.9 Å². The molecule has 27 heavy (non-hydrogen) atoms. The van der Waals surface area contributed by atoms with Gasteiger partial charge in [-0.25, -0.2) is 9.37 Å². The maximum Gasteiger partial charge on any atom is 0.128 e. The predicted molar refractivity (Wildman–Crippen MR) is 105 cm³/mol.